The highest BCUT2D eigenvalue weighted by molar-refractivity contribution is 6.30. The van der Waals surface area contributed by atoms with E-state index >= 15 is 0 Å². The van der Waals surface area contributed by atoms with Gasteiger partial charge in [0, 0.05) is 54.0 Å². The first-order chi connectivity index (χ1) is 16.8. The molecule has 2 fully saturated rings. The van der Waals surface area contributed by atoms with Crippen LogP contribution in [0.5, 0.6) is 0 Å². The highest BCUT2D eigenvalue weighted by Crippen LogP contribution is 2.41. The number of rotatable bonds is 5. The third kappa shape index (κ3) is 4.55. The predicted molar refractivity (Wildman–Crippen MR) is 141 cm³/mol. The summed E-state index contributed by atoms with van der Waals surface area (Å²) in [5.41, 5.74) is 3.70. The molecular weight excluding hydrogens is 458 g/mol. The van der Waals surface area contributed by atoms with Crippen molar-refractivity contribution in [3.63, 3.8) is 0 Å². The smallest absolute Gasteiger partial charge is 0.231 e. The maximum Gasteiger partial charge on any atom is 0.231 e. The zero-order valence-electron chi connectivity index (χ0n) is 21.5. The highest BCUT2D eigenvalue weighted by Gasteiger charge is 2.46. The maximum absolute atomic E-state index is 14.1. The predicted octanol–water partition coefficient (Wildman–Crippen LogP) is 4.88. The minimum Gasteiger partial charge on any atom is -0.353 e. The zero-order valence-corrected chi connectivity index (χ0v) is 22.3. The van der Waals surface area contributed by atoms with Gasteiger partial charge in [0.25, 0.3) is 0 Å². The number of benzene rings is 1. The largest absolute Gasteiger partial charge is 0.353 e. The molecule has 1 aromatic carbocycles. The topological polar surface area (TPSA) is 52.6 Å². The number of hydrogen-bond acceptors (Lipinski definition) is 5. The number of likely N-dealkylation sites (tertiary alicyclic amines) is 1. The van der Waals surface area contributed by atoms with Gasteiger partial charge in [-0.3, -0.25) is 9.69 Å². The van der Waals surface area contributed by atoms with Crippen molar-refractivity contribution in [2.24, 2.45) is 0 Å². The summed E-state index contributed by atoms with van der Waals surface area (Å²) in [6.45, 7) is 13.1. The Labute approximate surface area is 214 Å². The van der Waals surface area contributed by atoms with E-state index in [0.29, 0.717) is 10.9 Å². The number of halogens is 1. The van der Waals surface area contributed by atoms with Crippen molar-refractivity contribution < 1.29 is 4.79 Å². The molecule has 188 valence electrons. The fraction of sp³-hybridized carbons (Fsp3) is 0.607. The van der Waals surface area contributed by atoms with Gasteiger partial charge in [0.05, 0.1) is 5.92 Å². The number of carbonyl (C=O) groups excluding carboxylic acids is 1. The van der Waals surface area contributed by atoms with Crippen molar-refractivity contribution in [3.05, 3.63) is 52.4 Å². The summed E-state index contributed by atoms with van der Waals surface area (Å²) in [7, 11) is 0. The van der Waals surface area contributed by atoms with Crippen LogP contribution in [0.25, 0.3) is 0 Å². The normalized spacial score (nSPS) is 25.1. The molecule has 3 heterocycles. The Hall–Kier alpha value is -2.18. The van der Waals surface area contributed by atoms with Gasteiger partial charge < -0.3 is 9.80 Å². The molecular formula is C28H38ClN5O. The van der Waals surface area contributed by atoms with Gasteiger partial charge in [-0.05, 0) is 69.7 Å². The van der Waals surface area contributed by atoms with Crippen LogP contribution in [0.4, 0.5) is 5.82 Å². The van der Waals surface area contributed by atoms with Crippen LogP contribution in [0.3, 0.4) is 0 Å². The highest BCUT2D eigenvalue weighted by atomic mass is 35.5. The number of fused-ring (bicyclic) bond motifs is 1. The van der Waals surface area contributed by atoms with Crippen LogP contribution < -0.4 is 4.90 Å². The van der Waals surface area contributed by atoms with Gasteiger partial charge in [0.2, 0.25) is 5.91 Å². The lowest BCUT2D eigenvalue weighted by Gasteiger charge is -2.42. The molecule has 5 rings (SSSR count). The summed E-state index contributed by atoms with van der Waals surface area (Å²) in [6, 6.07) is 8.13. The van der Waals surface area contributed by atoms with Gasteiger partial charge in [-0.2, -0.15) is 0 Å². The summed E-state index contributed by atoms with van der Waals surface area (Å²) in [6.07, 6.45) is 6.03. The number of carbonyl (C=O) groups is 1. The number of hydrogen-bond donors (Lipinski definition) is 0. The van der Waals surface area contributed by atoms with E-state index in [1.807, 2.05) is 24.3 Å². The Balaban J connectivity index is 1.37. The fourth-order valence-corrected chi connectivity index (χ4v) is 6.79. The zero-order chi connectivity index (χ0) is 24.7. The molecule has 2 saturated heterocycles. The van der Waals surface area contributed by atoms with Crippen molar-refractivity contribution in [3.8, 4) is 0 Å². The first-order valence-electron chi connectivity index (χ1n) is 13.2. The van der Waals surface area contributed by atoms with E-state index in [0.717, 1.165) is 69.8 Å². The molecule has 0 N–H and O–H groups in total. The molecule has 0 bridgehead atoms. The lowest BCUT2D eigenvalue weighted by molar-refractivity contribution is -0.135. The van der Waals surface area contributed by atoms with Crippen LogP contribution in [0.1, 0.15) is 75.6 Å². The van der Waals surface area contributed by atoms with Crippen LogP contribution in [0, 0.1) is 0 Å². The van der Waals surface area contributed by atoms with Gasteiger partial charge >= 0.3 is 0 Å². The van der Waals surface area contributed by atoms with E-state index in [2.05, 4.69) is 52.4 Å². The van der Waals surface area contributed by atoms with Crippen molar-refractivity contribution in [2.75, 3.05) is 37.6 Å². The van der Waals surface area contributed by atoms with Crippen molar-refractivity contribution in [2.45, 2.75) is 76.8 Å². The van der Waals surface area contributed by atoms with E-state index < -0.39 is 0 Å². The first-order valence-corrected chi connectivity index (χ1v) is 13.6. The lowest BCUT2D eigenvalue weighted by atomic mass is 9.88. The fourth-order valence-electron chi connectivity index (χ4n) is 6.67. The number of piperazine rings is 1. The van der Waals surface area contributed by atoms with Crippen LogP contribution in [-0.4, -0.2) is 70.0 Å². The molecule has 1 amide bonds. The van der Waals surface area contributed by atoms with E-state index in [4.69, 9.17) is 11.6 Å². The molecule has 2 aromatic rings. The van der Waals surface area contributed by atoms with E-state index in [1.54, 1.807) is 6.33 Å². The average molecular weight is 496 g/mol. The Morgan fingerprint density at radius 2 is 1.83 bits per heavy atom. The number of aromatic nitrogens is 2. The van der Waals surface area contributed by atoms with Gasteiger partial charge in [0.1, 0.15) is 12.1 Å². The molecule has 1 aromatic heterocycles. The average Bonchev–Trinajstić information content (AvgIpc) is 3.39. The second-order valence-corrected chi connectivity index (χ2v) is 11.5. The summed E-state index contributed by atoms with van der Waals surface area (Å²) in [5, 5.41) is 0.708. The number of anilines is 1. The number of amides is 1. The van der Waals surface area contributed by atoms with Crippen molar-refractivity contribution in [1.82, 2.24) is 19.8 Å². The molecule has 0 saturated carbocycles. The number of nitrogens with zero attached hydrogens (tertiary/aromatic N) is 5. The summed E-state index contributed by atoms with van der Waals surface area (Å²) in [5.74, 6) is 1.65. The Kier molecular flexibility index (Phi) is 6.79. The van der Waals surface area contributed by atoms with Crippen molar-refractivity contribution in [1.29, 1.82) is 0 Å². The van der Waals surface area contributed by atoms with E-state index in [-0.39, 0.29) is 23.4 Å². The first kappa shape index (κ1) is 24.5. The van der Waals surface area contributed by atoms with E-state index in [9.17, 15) is 4.79 Å². The van der Waals surface area contributed by atoms with Crippen molar-refractivity contribution >= 4 is 23.3 Å². The molecule has 3 aliphatic rings. The third-order valence-corrected chi connectivity index (χ3v) is 8.85. The molecule has 35 heavy (non-hydrogen) atoms. The quantitative estimate of drug-likeness (QED) is 0.592. The molecule has 7 heteroatoms. The molecule has 2 aliphatic heterocycles. The molecule has 1 aliphatic carbocycles. The van der Waals surface area contributed by atoms with Gasteiger partial charge in [0.15, 0.2) is 0 Å². The molecule has 2 unspecified atom stereocenters. The maximum atomic E-state index is 14.1. The second-order valence-electron chi connectivity index (χ2n) is 11.0. The second kappa shape index (κ2) is 9.70. The SMILES string of the molecule is CCN1[C@H](C(C(=O)N2CCN(c3ncnc4c3C(C)CC4)CC2)c2ccc(Cl)cc2)CCC1(C)C. The van der Waals surface area contributed by atoms with Gasteiger partial charge in [-0.15, -0.1) is 0 Å². The molecule has 6 nitrogen and oxygen atoms in total. The summed E-state index contributed by atoms with van der Waals surface area (Å²) in [4.78, 5) is 30.3. The number of likely N-dealkylation sites (N-methyl/N-ethyl adjacent to an activating group) is 1. The number of aryl methyl sites for hydroxylation is 1. The minimum atomic E-state index is -0.177. The molecule has 3 atom stereocenters. The molecule has 0 radical (unpaired) electrons. The van der Waals surface area contributed by atoms with Gasteiger partial charge in [-0.1, -0.05) is 37.6 Å². The van der Waals surface area contributed by atoms with Crippen LogP contribution >= 0.6 is 11.6 Å². The third-order valence-electron chi connectivity index (χ3n) is 8.59. The molecule has 0 spiro atoms. The van der Waals surface area contributed by atoms with Crippen LogP contribution in [0.2, 0.25) is 5.02 Å². The Morgan fingerprint density at radius 3 is 2.51 bits per heavy atom. The lowest BCUT2D eigenvalue weighted by Crippen LogP contribution is -2.54. The van der Waals surface area contributed by atoms with E-state index in [1.165, 1.54) is 11.3 Å². The monoisotopic (exact) mass is 495 g/mol. The summed E-state index contributed by atoms with van der Waals surface area (Å²) < 4.78 is 0. The Bertz CT molecular complexity index is 1060. The van der Waals surface area contributed by atoms with Gasteiger partial charge in [-0.25, -0.2) is 9.97 Å². The standard InChI is InChI=1S/C28H38ClN5O/c1-5-34-23(12-13-28(34,3)4)25(20-7-9-21(29)10-8-20)27(35)33-16-14-32(15-17-33)26-24-19(2)6-11-22(24)30-18-31-26/h7-10,18-19,23,25H,5-6,11-17H2,1-4H3/t19?,23-,25?/m0/s1. The summed E-state index contributed by atoms with van der Waals surface area (Å²) >= 11 is 6.21. The minimum absolute atomic E-state index is 0.104. The Morgan fingerprint density at radius 1 is 1.11 bits per heavy atom. The van der Waals surface area contributed by atoms with Crippen LogP contribution in [0.15, 0.2) is 30.6 Å². The van der Waals surface area contributed by atoms with Crippen LogP contribution in [-0.2, 0) is 11.2 Å².